The first-order chi connectivity index (χ1) is 17.1. The SMILES string of the molecule is CCOC(=O)c1c(-c2ccccc2)csc1NC(=O)COC(=O)c1ccc(-c2ccccc2)cc1. The van der Waals surface area contributed by atoms with Gasteiger partial charge in [0, 0.05) is 10.9 Å². The fourth-order valence-corrected chi connectivity index (χ4v) is 4.47. The van der Waals surface area contributed by atoms with E-state index >= 15 is 0 Å². The Balaban J connectivity index is 1.42. The lowest BCUT2D eigenvalue weighted by Gasteiger charge is -2.09. The summed E-state index contributed by atoms with van der Waals surface area (Å²) in [6, 6.07) is 26.1. The van der Waals surface area contributed by atoms with Crippen molar-refractivity contribution in [3.8, 4) is 22.3 Å². The van der Waals surface area contributed by atoms with Gasteiger partial charge in [-0.2, -0.15) is 0 Å². The molecule has 1 aromatic heterocycles. The highest BCUT2D eigenvalue weighted by molar-refractivity contribution is 7.15. The Hall–Kier alpha value is -4.23. The Morgan fingerprint density at radius 1 is 0.743 bits per heavy atom. The molecule has 0 saturated heterocycles. The highest BCUT2D eigenvalue weighted by Crippen LogP contribution is 2.36. The van der Waals surface area contributed by atoms with Crippen molar-refractivity contribution >= 4 is 34.2 Å². The van der Waals surface area contributed by atoms with E-state index in [2.05, 4.69) is 5.32 Å². The molecule has 0 atom stereocenters. The van der Waals surface area contributed by atoms with Gasteiger partial charge < -0.3 is 14.8 Å². The highest BCUT2D eigenvalue weighted by Gasteiger charge is 2.23. The van der Waals surface area contributed by atoms with Crippen molar-refractivity contribution < 1.29 is 23.9 Å². The fourth-order valence-electron chi connectivity index (χ4n) is 3.49. The van der Waals surface area contributed by atoms with Crippen LogP contribution in [0, 0.1) is 0 Å². The molecule has 35 heavy (non-hydrogen) atoms. The molecule has 0 unspecified atom stereocenters. The van der Waals surface area contributed by atoms with Crippen molar-refractivity contribution in [1.82, 2.24) is 0 Å². The predicted molar refractivity (Wildman–Crippen MR) is 137 cm³/mol. The Labute approximate surface area is 207 Å². The van der Waals surface area contributed by atoms with Gasteiger partial charge >= 0.3 is 11.9 Å². The molecule has 1 heterocycles. The van der Waals surface area contributed by atoms with Crippen LogP contribution < -0.4 is 5.32 Å². The molecule has 4 rings (SSSR count). The van der Waals surface area contributed by atoms with Crippen LogP contribution in [0.4, 0.5) is 5.00 Å². The number of esters is 2. The quantitative estimate of drug-likeness (QED) is 0.307. The standard InChI is InChI=1S/C28H23NO5S/c1-2-33-28(32)25-23(21-11-7-4-8-12-21)18-35-26(25)29-24(30)17-34-27(31)22-15-13-20(14-16-22)19-9-5-3-6-10-19/h3-16,18H,2,17H2,1H3,(H,29,30). The second-order valence-electron chi connectivity index (χ2n) is 7.51. The van der Waals surface area contributed by atoms with Crippen molar-refractivity contribution in [3.63, 3.8) is 0 Å². The number of thiophene rings is 1. The van der Waals surface area contributed by atoms with Crippen LogP contribution >= 0.6 is 11.3 Å². The van der Waals surface area contributed by atoms with Crippen molar-refractivity contribution in [3.05, 3.63) is 101 Å². The topological polar surface area (TPSA) is 81.7 Å². The molecule has 176 valence electrons. The van der Waals surface area contributed by atoms with E-state index in [0.717, 1.165) is 16.7 Å². The van der Waals surface area contributed by atoms with Crippen molar-refractivity contribution in [2.24, 2.45) is 0 Å². The molecule has 0 saturated carbocycles. The van der Waals surface area contributed by atoms with Gasteiger partial charge in [0.15, 0.2) is 6.61 Å². The Kier molecular flexibility index (Phi) is 7.70. The van der Waals surface area contributed by atoms with Crippen LogP contribution in [0.25, 0.3) is 22.3 Å². The van der Waals surface area contributed by atoms with E-state index in [-0.39, 0.29) is 12.2 Å². The van der Waals surface area contributed by atoms with Crippen molar-refractivity contribution in [2.75, 3.05) is 18.5 Å². The Morgan fingerprint density at radius 2 is 1.34 bits per heavy atom. The molecule has 0 aliphatic carbocycles. The Bertz CT molecular complexity index is 1310. The zero-order valence-corrected chi connectivity index (χ0v) is 19.8. The summed E-state index contributed by atoms with van der Waals surface area (Å²) in [4.78, 5) is 37.6. The summed E-state index contributed by atoms with van der Waals surface area (Å²) in [7, 11) is 0. The summed E-state index contributed by atoms with van der Waals surface area (Å²) in [5.41, 5.74) is 4.12. The highest BCUT2D eigenvalue weighted by atomic mass is 32.1. The first-order valence-corrected chi connectivity index (χ1v) is 11.9. The second kappa shape index (κ2) is 11.3. The van der Waals surface area contributed by atoms with Crippen molar-refractivity contribution in [2.45, 2.75) is 6.92 Å². The van der Waals surface area contributed by atoms with Crippen LogP contribution in [-0.4, -0.2) is 31.1 Å². The molecule has 0 bridgehead atoms. The second-order valence-corrected chi connectivity index (χ2v) is 8.39. The van der Waals surface area contributed by atoms with E-state index in [1.165, 1.54) is 11.3 Å². The molecule has 0 aliphatic heterocycles. The first-order valence-electron chi connectivity index (χ1n) is 11.0. The number of carbonyl (C=O) groups excluding carboxylic acids is 3. The van der Waals surface area contributed by atoms with Crippen LogP contribution in [0.3, 0.4) is 0 Å². The number of amides is 1. The van der Waals surface area contributed by atoms with E-state index in [1.807, 2.05) is 72.8 Å². The van der Waals surface area contributed by atoms with E-state index in [1.54, 1.807) is 24.4 Å². The molecular weight excluding hydrogens is 462 g/mol. The summed E-state index contributed by atoms with van der Waals surface area (Å²) in [5, 5.41) is 4.81. The summed E-state index contributed by atoms with van der Waals surface area (Å²) < 4.78 is 10.4. The number of ether oxygens (including phenoxy) is 2. The number of hydrogen-bond donors (Lipinski definition) is 1. The third kappa shape index (κ3) is 5.83. The van der Waals surface area contributed by atoms with Gasteiger partial charge in [0.25, 0.3) is 5.91 Å². The van der Waals surface area contributed by atoms with E-state index < -0.39 is 24.5 Å². The molecule has 3 aromatic carbocycles. The largest absolute Gasteiger partial charge is 0.462 e. The van der Waals surface area contributed by atoms with Crippen LogP contribution in [0.1, 0.15) is 27.6 Å². The van der Waals surface area contributed by atoms with Crippen LogP contribution in [-0.2, 0) is 14.3 Å². The summed E-state index contributed by atoms with van der Waals surface area (Å²) in [6.07, 6.45) is 0. The van der Waals surface area contributed by atoms with Crippen LogP contribution in [0.2, 0.25) is 0 Å². The zero-order valence-electron chi connectivity index (χ0n) is 19.0. The monoisotopic (exact) mass is 485 g/mol. The van der Waals surface area contributed by atoms with Gasteiger partial charge in [-0.3, -0.25) is 4.79 Å². The molecule has 7 heteroatoms. The lowest BCUT2D eigenvalue weighted by molar-refractivity contribution is -0.119. The number of rotatable bonds is 8. The minimum absolute atomic E-state index is 0.205. The predicted octanol–water partition coefficient (Wildman–Crippen LogP) is 6.05. The zero-order chi connectivity index (χ0) is 24.6. The van der Waals surface area contributed by atoms with Gasteiger partial charge in [-0.25, -0.2) is 9.59 Å². The maximum atomic E-state index is 12.6. The Morgan fingerprint density at radius 3 is 1.97 bits per heavy atom. The van der Waals surface area contributed by atoms with Crippen molar-refractivity contribution in [1.29, 1.82) is 0 Å². The molecule has 0 radical (unpaired) electrons. The molecule has 4 aromatic rings. The van der Waals surface area contributed by atoms with Gasteiger partial charge in [-0.15, -0.1) is 11.3 Å². The maximum absolute atomic E-state index is 12.6. The lowest BCUT2D eigenvalue weighted by atomic mass is 10.0. The number of anilines is 1. The maximum Gasteiger partial charge on any atom is 0.341 e. The van der Waals surface area contributed by atoms with E-state index in [9.17, 15) is 14.4 Å². The molecule has 1 N–H and O–H groups in total. The third-order valence-electron chi connectivity index (χ3n) is 5.17. The number of hydrogen-bond acceptors (Lipinski definition) is 6. The molecule has 0 aliphatic rings. The van der Waals surface area contributed by atoms with Gasteiger partial charge in [-0.05, 0) is 35.7 Å². The fraction of sp³-hybridized carbons (Fsp3) is 0.107. The van der Waals surface area contributed by atoms with Gasteiger partial charge in [0.1, 0.15) is 10.6 Å². The lowest BCUT2D eigenvalue weighted by Crippen LogP contribution is -2.21. The summed E-state index contributed by atoms with van der Waals surface area (Å²) in [6.45, 7) is 1.44. The minimum Gasteiger partial charge on any atom is -0.462 e. The van der Waals surface area contributed by atoms with E-state index in [0.29, 0.717) is 16.1 Å². The summed E-state index contributed by atoms with van der Waals surface area (Å²) in [5.74, 6) is -1.69. The van der Waals surface area contributed by atoms with Gasteiger partial charge in [-0.1, -0.05) is 72.8 Å². The minimum atomic E-state index is -0.610. The first kappa shape index (κ1) is 23.9. The van der Waals surface area contributed by atoms with Gasteiger partial charge in [0.05, 0.1) is 12.2 Å². The summed E-state index contributed by atoms with van der Waals surface area (Å²) >= 11 is 1.21. The number of carbonyl (C=O) groups is 3. The molecular formula is C28H23NO5S. The molecule has 0 spiro atoms. The third-order valence-corrected chi connectivity index (χ3v) is 6.07. The molecule has 6 nitrogen and oxygen atoms in total. The van der Waals surface area contributed by atoms with Crippen LogP contribution in [0.5, 0.6) is 0 Å². The van der Waals surface area contributed by atoms with E-state index in [4.69, 9.17) is 9.47 Å². The number of nitrogens with one attached hydrogen (secondary N) is 1. The average molecular weight is 486 g/mol. The average Bonchev–Trinajstić information content (AvgIpc) is 3.32. The molecule has 0 fully saturated rings. The van der Waals surface area contributed by atoms with Crippen LogP contribution in [0.15, 0.2) is 90.3 Å². The normalized spacial score (nSPS) is 10.4. The number of benzene rings is 3. The smallest absolute Gasteiger partial charge is 0.341 e. The van der Waals surface area contributed by atoms with Gasteiger partial charge in [0.2, 0.25) is 0 Å². The molecule has 1 amide bonds.